The molecule has 0 heterocycles. The number of hydrogen-bond acceptors (Lipinski definition) is 4. The van der Waals surface area contributed by atoms with Crippen molar-refractivity contribution in [2.24, 2.45) is 9.98 Å². The molecule has 0 aromatic heterocycles. The Morgan fingerprint density at radius 1 is 0.375 bits per heavy atom. The summed E-state index contributed by atoms with van der Waals surface area (Å²) < 4.78 is 0. The Hall–Kier alpha value is -4.51. The largest absolute Gasteiger partial charge is 0.661 e. The summed E-state index contributed by atoms with van der Waals surface area (Å²) in [5, 5.41) is 25.0. The van der Waals surface area contributed by atoms with Crippen LogP contribution >= 0.6 is 0 Å². The summed E-state index contributed by atoms with van der Waals surface area (Å²) in [5.74, 6) is 1.83. The predicted molar refractivity (Wildman–Crippen MR) is 304 cm³/mol. The molecule has 0 radical (unpaired) electrons. The molecule has 8 nitrogen and oxygen atoms in total. The number of aliphatic carboxylic acids is 2. The van der Waals surface area contributed by atoms with Crippen LogP contribution in [0.25, 0.3) is 10.6 Å². The molecule has 0 aliphatic heterocycles. The van der Waals surface area contributed by atoms with Crippen LogP contribution in [0, 0.1) is 0 Å². The van der Waals surface area contributed by atoms with Gasteiger partial charge in [0.15, 0.2) is 0 Å². The SMILES string of the molecule is CC(/C=C(/C)[N-]c1c(C(C)C)cccc1C(C)C)=Nc1c(C(C)C)cccc1C(C)C.CC(/C=C(/C)[N-]c1c(C(C)C)cccc1C(C)C)=Nc1c(C(C)C)cccc1C(C)C.CC(=O)O.CC(=O)O.[Zn].[Zn]. The molecule has 0 aliphatic carbocycles. The van der Waals surface area contributed by atoms with Gasteiger partial charge in [0.05, 0.1) is 11.4 Å². The van der Waals surface area contributed by atoms with Gasteiger partial charge in [0.1, 0.15) is 0 Å². The molecule has 0 aliphatic rings. The van der Waals surface area contributed by atoms with Gasteiger partial charge in [-0.2, -0.15) is 11.4 Å². The standard InChI is InChI=1S/2C29H41N2.2C2H4O2.2Zn/c2*1-18(2)24-13-11-14-25(19(3)4)28(24)30-22(9)17-23(10)31-29-26(20(5)6)15-12-16-27(29)21(7)8;2*1-2(3)4;;/h2*11-21H,1-10H3;2*1H3,(H,3,4);;/q2*-1;;;;/b2*22-17-,31-23?;;;;. The Morgan fingerprint density at radius 2 is 0.542 bits per heavy atom. The fraction of sp³-hybridized carbons (Fsp3) is 0.484. The van der Waals surface area contributed by atoms with E-state index in [1.807, 2.05) is 0 Å². The molecule has 0 unspecified atom stereocenters. The van der Waals surface area contributed by atoms with Gasteiger partial charge in [-0.3, -0.25) is 19.6 Å². The van der Waals surface area contributed by atoms with Gasteiger partial charge in [0, 0.05) is 64.2 Å². The third-order valence-corrected chi connectivity index (χ3v) is 11.4. The zero-order valence-electron chi connectivity index (χ0n) is 48.6. The number of hydrogen-bond donors (Lipinski definition) is 2. The third kappa shape index (κ3) is 23.6. The van der Waals surface area contributed by atoms with E-state index in [2.05, 4.69) is 223 Å². The van der Waals surface area contributed by atoms with Gasteiger partial charge in [0.25, 0.3) is 11.9 Å². The van der Waals surface area contributed by atoms with Gasteiger partial charge in [-0.05, 0) is 83.4 Å². The van der Waals surface area contributed by atoms with Crippen LogP contribution in [0.5, 0.6) is 0 Å². The van der Waals surface area contributed by atoms with E-state index in [1.54, 1.807) is 0 Å². The first kappa shape index (κ1) is 69.6. The van der Waals surface area contributed by atoms with E-state index < -0.39 is 11.9 Å². The fourth-order valence-electron chi connectivity index (χ4n) is 8.00. The summed E-state index contributed by atoms with van der Waals surface area (Å²) in [6.45, 7) is 46.3. The quantitative estimate of drug-likeness (QED) is 0.0855. The first-order chi connectivity index (χ1) is 32.5. The van der Waals surface area contributed by atoms with E-state index in [9.17, 15) is 0 Å². The minimum absolute atomic E-state index is 0. The Labute approximate surface area is 463 Å². The number of carboxylic acids is 2. The first-order valence-corrected chi connectivity index (χ1v) is 25.3. The molecule has 0 saturated carbocycles. The number of rotatable bonds is 16. The van der Waals surface area contributed by atoms with E-state index in [-0.39, 0.29) is 39.0 Å². The summed E-state index contributed by atoms with van der Waals surface area (Å²) in [6, 6.07) is 26.3. The van der Waals surface area contributed by atoms with Crippen LogP contribution in [0.15, 0.2) is 106 Å². The fourth-order valence-corrected chi connectivity index (χ4v) is 8.00. The number of nitrogens with zero attached hydrogens (tertiary/aromatic N) is 4. The van der Waals surface area contributed by atoms with Crippen LogP contribution in [0.3, 0.4) is 0 Å². The molecule has 0 bridgehead atoms. The van der Waals surface area contributed by atoms with Crippen molar-refractivity contribution in [3.8, 4) is 0 Å². The van der Waals surface area contributed by atoms with Crippen molar-refractivity contribution in [1.29, 1.82) is 0 Å². The molecule has 388 valence electrons. The minimum atomic E-state index is -0.833. The second-order valence-corrected chi connectivity index (χ2v) is 20.7. The minimum Gasteiger partial charge on any atom is -0.661 e. The Balaban J connectivity index is 0. The van der Waals surface area contributed by atoms with Crippen LogP contribution in [-0.4, -0.2) is 33.6 Å². The molecular weight excluding hydrogens is 995 g/mol. The number of aliphatic imine (C=N–C) groups is 2. The zero-order valence-corrected chi connectivity index (χ0v) is 54.5. The number of carboxylic acid groups (broad SMARTS) is 2. The maximum Gasteiger partial charge on any atom is 0.300 e. The number of carbonyl (C=O) groups is 2. The topological polar surface area (TPSA) is 128 Å². The van der Waals surface area contributed by atoms with E-state index in [1.165, 1.54) is 44.5 Å². The van der Waals surface area contributed by atoms with Crippen molar-refractivity contribution in [1.82, 2.24) is 0 Å². The molecule has 2 N–H and O–H groups in total. The van der Waals surface area contributed by atoms with Crippen LogP contribution in [0.2, 0.25) is 0 Å². The molecule has 4 aromatic carbocycles. The van der Waals surface area contributed by atoms with E-state index in [0.717, 1.165) is 59.4 Å². The van der Waals surface area contributed by atoms with Crippen molar-refractivity contribution in [2.75, 3.05) is 0 Å². The summed E-state index contributed by atoms with van der Waals surface area (Å²) in [7, 11) is 0. The normalized spacial score (nSPS) is 12.0. The average molecular weight is 1090 g/mol. The van der Waals surface area contributed by atoms with Crippen molar-refractivity contribution in [2.45, 2.75) is 200 Å². The Morgan fingerprint density at radius 3 is 0.708 bits per heavy atom. The van der Waals surface area contributed by atoms with Gasteiger partial charge >= 0.3 is 0 Å². The van der Waals surface area contributed by atoms with Gasteiger partial charge in [-0.15, -0.1) is 11.4 Å². The molecule has 4 aromatic rings. The molecular formula is C62H90N4O4Zn2-2. The van der Waals surface area contributed by atoms with Gasteiger partial charge in [0.2, 0.25) is 0 Å². The van der Waals surface area contributed by atoms with E-state index >= 15 is 0 Å². The number of para-hydroxylation sites is 4. The molecule has 0 saturated heterocycles. The maximum atomic E-state index is 9.00. The summed E-state index contributed by atoms with van der Waals surface area (Å²) >= 11 is 0. The second-order valence-electron chi connectivity index (χ2n) is 20.7. The molecule has 4 rings (SSSR count). The average Bonchev–Trinajstić information content (AvgIpc) is 3.22. The van der Waals surface area contributed by atoms with Crippen LogP contribution < -0.4 is 0 Å². The Kier molecular flexibility index (Phi) is 32.9. The summed E-state index contributed by atoms with van der Waals surface area (Å²) in [5.41, 5.74) is 18.9. The summed E-state index contributed by atoms with van der Waals surface area (Å²) in [4.78, 5) is 28.2. The maximum absolute atomic E-state index is 9.00. The number of allylic oxidation sites excluding steroid dienone is 4. The number of benzene rings is 4. The summed E-state index contributed by atoms with van der Waals surface area (Å²) in [6.07, 6.45) is 4.23. The monoisotopic (exact) mass is 1080 g/mol. The molecule has 10 heteroatoms. The van der Waals surface area contributed by atoms with Crippen LogP contribution in [0.1, 0.15) is 244 Å². The molecule has 0 atom stereocenters. The second kappa shape index (κ2) is 34.1. The van der Waals surface area contributed by atoms with Crippen molar-refractivity contribution in [3.63, 3.8) is 0 Å². The van der Waals surface area contributed by atoms with E-state index in [4.69, 9.17) is 40.4 Å². The van der Waals surface area contributed by atoms with Crippen molar-refractivity contribution >= 4 is 46.1 Å². The third-order valence-electron chi connectivity index (χ3n) is 11.4. The predicted octanol–water partition coefficient (Wildman–Crippen LogP) is 19.9. The van der Waals surface area contributed by atoms with Gasteiger partial charge in [-0.1, -0.05) is 232 Å². The van der Waals surface area contributed by atoms with Crippen LogP contribution in [-0.2, 0) is 48.5 Å². The molecule has 0 spiro atoms. The van der Waals surface area contributed by atoms with Crippen molar-refractivity contribution in [3.05, 3.63) is 151 Å². The smallest absolute Gasteiger partial charge is 0.300 e. The van der Waals surface area contributed by atoms with Crippen LogP contribution in [0.4, 0.5) is 22.7 Å². The van der Waals surface area contributed by atoms with Gasteiger partial charge in [-0.25, -0.2) is 0 Å². The Bertz CT molecular complexity index is 2160. The molecule has 0 amide bonds. The van der Waals surface area contributed by atoms with Crippen molar-refractivity contribution < 1.29 is 58.8 Å². The zero-order chi connectivity index (χ0) is 53.7. The molecule has 72 heavy (non-hydrogen) atoms. The van der Waals surface area contributed by atoms with E-state index in [0.29, 0.717) is 47.3 Å². The molecule has 0 fully saturated rings. The first-order valence-electron chi connectivity index (χ1n) is 25.3. The van der Waals surface area contributed by atoms with Gasteiger partial charge < -0.3 is 20.8 Å².